The molecule has 2 aliphatic carbocycles. The monoisotopic (exact) mass is 481 g/mol. The Labute approximate surface area is 211 Å². The lowest BCUT2D eigenvalue weighted by atomic mass is 9.95. The molecule has 2 aromatic heterocycles. The first kappa shape index (κ1) is 22.9. The molecule has 0 bridgehead atoms. The van der Waals surface area contributed by atoms with E-state index >= 15 is 0 Å². The molecule has 3 heterocycles. The summed E-state index contributed by atoms with van der Waals surface area (Å²) >= 11 is 0. The van der Waals surface area contributed by atoms with Crippen LogP contribution in [0.1, 0.15) is 49.3 Å². The Balaban J connectivity index is 1.37. The largest absolute Gasteiger partial charge is 0.384 e. The van der Waals surface area contributed by atoms with Gasteiger partial charge < -0.3 is 14.5 Å². The highest BCUT2D eigenvalue weighted by Gasteiger charge is 2.41. The Bertz CT molecular complexity index is 1340. The molecule has 3 aliphatic rings. The summed E-state index contributed by atoms with van der Waals surface area (Å²) in [6.45, 7) is 2.53. The third-order valence-electron chi connectivity index (χ3n) is 7.81. The number of benzene rings is 1. The first-order valence-corrected chi connectivity index (χ1v) is 13.0. The summed E-state index contributed by atoms with van der Waals surface area (Å²) in [6, 6.07) is 13.0. The van der Waals surface area contributed by atoms with Crippen LogP contribution in [0.4, 0.5) is 5.82 Å². The lowest BCUT2D eigenvalue weighted by molar-refractivity contribution is -0.135. The molecule has 0 radical (unpaired) electrons. The smallest absolute Gasteiger partial charge is 0.225 e. The van der Waals surface area contributed by atoms with Gasteiger partial charge in [0.2, 0.25) is 5.91 Å². The molecule has 3 aromatic rings. The zero-order valence-electron chi connectivity index (χ0n) is 20.7. The highest BCUT2D eigenvalue weighted by atomic mass is 16.5. The number of fused-ring (bicyclic) bond motifs is 1. The van der Waals surface area contributed by atoms with E-state index in [0.29, 0.717) is 43.5 Å². The summed E-state index contributed by atoms with van der Waals surface area (Å²) in [7, 11) is 1.63. The molecule has 1 saturated heterocycles. The molecule has 1 aliphatic heterocycles. The SMILES string of the molecule is COCCC(=O)N1CCN(c2nc(C3CC3)c(-c3cccc4cnccc34)cc2C#N)C[C@H]1C1CC1. The van der Waals surface area contributed by atoms with Crippen molar-refractivity contribution in [2.45, 2.75) is 44.1 Å². The van der Waals surface area contributed by atoms with Gasteiger partial charge in [0.25, 0.3) is 0 Å². The zero-order valence-corrected chi connectivity index (χ0v) is 20.7. The van der Waals surface area contributed by atoms with Gasteiger partial charge >= 0.3 is 0 Å². The molecule has 1 amide bonds. The molecule has 1 atom stereocenters. The Hall–Kier alpha value is -3.50. The van der Waals surface area contributed by atoms with Crippen LogP contribution < -0.4 is 4.90 Å². The molecular weight excluding hydrogens is 450 g/mol. The topological polar surface area (TPSA) is 82.3 Å². The quantitative estimate of drug-likeness (QED) is 0.494. The molecule has 6 rings (SSSR count). The van der Waals surface area contributed by atoms with Crippen molar-refractivity contribution < 1.29 is 9.53 Å². The Morgan fingerprint density at radius 2 is 2.03 bits per heavy atom. The van der Waals surface area contributed by atoms with Crippen molar-refractivity contribution in [3.8, 4) is 17.2 Å². The molecule has 0 unspecified atom stereocenters. The van der Waals surface area contributed by atoms with Gasteiger partial charge in [-0.15, -0.1) is 0 Å². The number of hydrogen-bond acceptors (Lipinski definition) is 6. The Morgan fingerprint density at radius 1 is 1.17 bits per heavy atom. The molecule has 7 nitrogen and oxygen atoms in total. The first-order chi connectivity index (χ1) is 17.7. The minimum absolute atomic E-state index is 0.168. The van der Waals surface area contributed by atoms with Gasteiger partial charge in [-0.3, -0.25) is 9.78 Å². The number of nitrogens with zero attached hydrogens (tertiary/aromatic N) is 5. The van der Waals surface area contributed by atoms with Crippen LogP contribution in [0.3, 0.4) is 0 Å². The lowest BCUT2D eigenvalue weighted by Gasteiger charge is -2.42. The van der Waals surface area contributed by atoms with E-state index in [1.54, 1.807) is 7.11 Å². The number of aromatic nitrogens is 2. The van der Waals surface area contributed by atoms with Crippen molar-refractivity contribution in [2.75, 3.05) is 38.3 Å². The van der Waals surface area contributed by atoms with Crippen molar-refractivity contribution in [2.24, 2.45) is 5.92 Å². The molecule has 184 valence electrons. The molecule has 36 heavy (non-hydrogen) atoms. The van der Waals surface area contributed by atoms with Crippen molar-refractivity contribution in [3.05, 3.63) is 54.0 Å². The van der Waals surface area contributed by atoms with Gasteiger partial charge in [0, 0.05) is 56.0 Å². The number of pyridine rings is 2. The summed E-state index contributed by atoms with van der Waals surface area (Å²) in [4.78, 5) is 26.7. The van der Waals surface area contributed by atoms with Crippen LogP contribution in [-0.2, 0) is 9.53 Å². The molecule has 7 heteroatoms. The number of carbonyl (C=O) groups is 1. The van der Waals surface area contributed by atoms with E-state index in [2.05, 4.69) is 39.1 Å². The standard InChI is InChI=1S/C29H31N5O2/c1-36-14-10-27(35)34-13-12-33(18-26(34)19-5-6-19)29-22(16-30)15-25(28(32-29)20-7-8-20)24-4-2-3-21-17-31-11-9-23(21)24/h2-4,9,11,15,17,19-20,26H,5-8,10,12-14,18H2,1H3/t26-/m0/s1. The van der Waals surface area contributed by atoms with Gasteiger partial charge in [-0.25, -0.2) is 4.98 Å². The van der Waals surface area contributed by atoms with Gasteiger partial charge in [-0.2, -0.15) is 5.26 Å². The second-order valence-electron chi connectivity index (χ2n) is 10.3. The number of amides is 1. The summed E-state index contributed by atoms with van der Waals surface area (Å²) in [5.41, 5.74) is 3.86. The van der Waals surface area contributed by atoms with E-state index in [0.717, 1.165) is 65.6 Å². The van der Waals surface area contributed by atoms with Crippen LogP contribution >= 0.6 is 0 Å². The van der Waals surface area contributed by atoms with Crippen molar-refractivity contribution in [1.82, 2.24) is 14.9 Å². The molecule has 3 fully saturated rings. The number of carbonyl (C=O) groups excluding carboxylic acids is 1. The maximum atomic E-state index is 12.9. The molecule has 2 saturated carbocycles. The fourth-order valence-electron chi connectivity index (χ4n) is 5.61. The molecule has 0 N–H and O–H groups in total. The second-order valence-corrected chi connectivity index (χ2v) is 10.3. The average molecular weight is 482 g/mol. The van der Waals surface area contributed by atoms with Crippen LogP contribution in [0, 0.1) is 17.2 Å². The van der Waals surface area contributed by atoms with Crippen molar-refractivity contribution >= 4 is 22.5 Å². The van der Waals surface area contributed by atoms with Crippen LogP contribution in [0.2, 0.25) is 0 Å². The van der Waals surface area contributed by atoms with Gasteiger partial charge in [-0.05, 0) is 54.7 Å². The van der Waals surface area contributed by atoms with Gasteiger partial charge in [-0.1, -0.05) is 18.2 Å². The zero-order chi connectivity index (χ0) is 24.6. The number of nitriles is 1. The van der Waals surface area contributed by atoms with Gasteiger partial charge in [0.15, 0.2) is 0 Å². The second kappa shape index (κ2) is 9.51. The van der Waals surface area contributed by atoms with E-state index in [1.165, 1.54) is 0 Å². The highest BCUT2D eigenvalue weighted by Crippen LogP contribution is 2.46. The summed E-state index contributed by atoms with van der Waals surface area (Å²) in [5.74, 6) is 1.91. The number of ether oxygens (including phenoxy) is 1. The van der Waals surface area contributed by atoms with Crippen LogP contribution in [0.25, 0.3) is 21.9 Å². The molecule has 0 spiro atoms. The van der Waals surface area contributed by atoms with E-state index < -0.39 is 0 Å². The normalized spacial score (nSPS) is 19.9. The number of anilines is 1. The predicted octanol–water partition coefficient (Wildman–Crippen LogP) is 4.51. The predicted molar refractivity (Wildman–Crippen MR) is 139 cm³/mol. The fourth-order valence-corrected chi connectivity index (χ4v) is 5.61. The van der Waals surface area contributed by atoms with E-state index in [4.69, 9.17) is 9.72 Å². The fraction of sp³-hybridized carbons (Fsp3) is 0.448. The number of piperazine rings is 1. The molecule has 1 aromatic carbocycles. The number of rotatable bonds is 7. The van der Waals surface area contributed by atoms with Gasteiger partial charge in [0.1, 0.15) is 11.9 Å². The minimum Gasteiger partial charge on any atom is -0.384 e. The summed E-state index contributed by atoms with van der Waals surface area (Å²) in [5, 5.41) is 12.4. The highest BCUT2D eigenvalue weighted by molar-refractivity contribution is 5.97. The summed E-state index contributed by atoms with van der Waals surface area (Å²) < 4.78 is 5.14. The third-order valence-corrected chi connectivity index (χ3v) is 7.81. The first-order valence-electron chi connectivity index (χ1n) is 13.0. The van der Waals surface area contributed by atoms with Crippen LogP contribution in [0.15, 0.2) is 42.7 Å². The Morgan fingerprint density at radius 3 is 2.78 bits per heavy atom. The van der Waals surface area contributed by atoms with E-state index in [1.807, 2.05) is 24.5 Å². The van der Waals surface area contributed by atoms with Gasteiger partial charge in [0.05, 0.1) is 30.3 Å². The third kappa shape index (κ3) is 4.31. The summed E-state index contributed by atoms with van der Waals surface area (Å²) in [6.07, 6.45) is 8.70. The molecular formula is C29H31N5O2. The minimum atomic E-state index is 0.168. The maximum absolute atomic E-state index is 12.9. The number of hydrogen-bond donors (Lipinski definition) is 0. The van der Waals surface area contributed by atoms with Crippen LogP contribution in [0.5, 0.6) is 0 Å². The van der Waals surface area contributed by atoms with E-state index in [9.17, 15) is 10.1 Å². The number of methoxy groups -OCH3 is 1. The Kier molecular flexibility index (Phi) is 6.06. The maximum Gasteiger partial charge on any atom is 0.225 e. The van der Waals surface area contributed by atoms with Crippen molar-refractivity contribution in [3.63, 3.8) is 0 Å². The van der Waals surface area contributed by atoms with Crippen LogP contribution in [-0.4, -0.2) is 60.2 Å². The van der Waals surface area contributed by atoms with Crippen molar-refractivity contribution in [1.29, 1.82) is 5.26 Å². The average Bonchev–Trinajstić information content (AvgIpc) is 3.84. The van der Waals surface area contributed by atoms with E-state index in [-0.39, 0.29) is 11.9 Å². The lowest BCUT2D eigenvalue weighted by Crippen LogP contribution is -2.56.